The van der Waals surface area contributed by atoms with Gasteiger partial charge in [-0.05, 0) is 32.4 Å². The highest BCUT2D eigenvalue weighted by atomic mass is 16.3. The lowest BCUT2D eigenvalue weighted by molar-refractivity contribution is 0.0839. The fourth-order valence-corrected chi connectivity index (χ4v) is 1.89. The molecule has 0 amide bonds. The molecule has 2 heterocycles. The zero-order chi connectivity index (χ0) is 10.2. The van der Waals surface area contributed by atoms with Gasteiger partial charge in [-0.1, -0.05) is 0 Å². The zero-order valence-corrected chi connectivity index (χ0v) is 8.70. The van der Waals surface area contributed by atoms with Gasteiger partial charge in [-0.15, -0.1) is 0 Å². The third kappa shape index (κ3) is 1.87. The summed E-state index contributed by atoms with van der Waals surface area (Å²) >= 11 is 0. The van der Waals surface area contributed by atoms with Crippen LogP contribution in [-0.2, 0) is 0 Å². The molecule has 14 heavy (non-hydrogen) atoms. The number of aryl methyl sites for hydroxylation is 1. The Labute approximate surface area is 84.4 Å². The van der Waals surface area contributed by atoms with E-state index in [9.17, 15) is 5.11 Å². The minimum atomic E-state index is -0.531. The first kappa shape index (κ1) is 9.46. The van der Waals surface area contributed by atoms with Crippen molar-refractivity contribution in [1.29, 1.82) is 0 Å². The highest BCUT2D eigenvalue weighted by Crippen LogP contribution is 2.26. The van der Waals surface area contributed by atoms with E-state index >= 15 is 0 Å². The van der Waals surface area contributed by atoms with Gasteiger partial charge in [-0.2, -0.15) is 0 Å². The summed E-state index contributed by atoms with van der Waals surface area (Å²) in [6.07, 6.45) is 2.66. The van der Waals surface area contributed by atoms with Crippen LogP contribution in [0.4, 0.5) is 5.69 Å². The SMILES string of the molecule is Cc1cc(N2CCC(C)(O)C2)ccn1. The van der Waals surface area contributed by atoms with Crippen molar-refractivity contribution in [2.75, 3.05) is 18.0 Å². The minimum absolute atomic E-state index is 0.531. The molecule has 76 valence electrons. The Morgan fingerprint density at radius 2 is 2.36 bits per heavy atom. The van der Waals surface area contributed by atoms with Gasteiger partial charge in [0.05, 0.1) is 5.60 Å². The first-order valence-electron chi connectivity index (χ1n) is 4.97. The quantitative estimate of drug-likeness (QED) is 0.729. The van der Waals surface area contributed by atoms with E-state index in [1.807, 2.05) is 26.1 Å². The van der Waals surface area contributed by atoms with Crippen LogP contribution in [0, 0.1) is 6.92 Å². The normalized spacial score (nSPS) is 26.9. The Bertz CT molecular complexity index is 336. The van der Waals surface area contributed by atoms with Crippen LogP contribution in [0.15, 0.2) is 18.3 Å². The number of hydrogen-bond donors (Lipinski definition) is 1. The van der Waals surface area contributed by atoms with Gasteiger partial charge in [0, 0.05) is 30.7 Å². The molecular weight excluding hydrogens is 176 g/mol. The van der Waals surface area contributed by atoms with Crippen molar-refractivity contribution in [2.45, 2.75) is 25.9 Å². The number of anilines is 1. The Kier molecular flexibility index (Phi) is 2.19. The number of aromatic nitrogens is 1. The summed E-state index contributed by atoms with van der Waals surface area (Å²) in [5, 5.41) is 9.84. The lowest BCUT2D eigenvalue weighted by atomic mass is 10.1. The van der Waals surface area contributed by atoms with Crippen LogP contribution in [0.5, 0.6) is 0 Å². The van der Waals surface area contributed by atoms with Gasteiger partial charge < -0.3 is 10.0 Å². The van der Waals surface area contributed by atoms with Crippen LogP contribution in [0.2, 0.25) is 0 Å². The second kappa shape index (κ2) is 3.24. The second-order valence-corrected chi connectivity index (χ2v) is 4.32. The van der Waals surface area contributed by atoms with E-state index in [0.717, 1.165) is 30.9 Å². The molecule has 0 radical (unpaired) electrons. The van der Waals surface area contributed by atoms with Crippen molar-refractivity contribution in [1.82, 2.24) is 4.98 Å². The third-order valence-corrected chi connectivity index (χ3v) is 2.70. The second-order valence-electron chi connectivity index (χ2n) is 4.32. The van der Waals surface area contributed by atoms with Crippen molar-refractivity contribution in [3.05, 3.63) is 24.0 Å². The highest BCUT2D eigenvalue weighted by Gasteiger charge is 2.31. The third-order valence-electron chi connectivity index (χ3n) is 2.70. The van der Waals surface area contributed by atoms with E-state index in [4.69, 9.17) is 0 Å². The monoisotopic (exact) mass is 192 g/mol. The molecule has 1 N–H and O–H groups in total. The molecule has 1 aromatic heterocycles. The topological polar surface area (TPSA) is 36.4 Å². The Morgan fingerprint density at radius 3 is 2.93 bits per heavy atom. The molecule has 1 aliphatic heterocycles. The molecule has 1 aliphatic rings. The van der Waals surface area contributed by atoms with Crippen LogP contribution in [0.25, 0.3) is 0 Å². The molecule has 3 heteroatoms. The molecule has 3 nitrogen and oxygen atoms in total. The molecule has 0 saturated carbocycles. The summed E-state index contributed by atoms with van der Waals surface area (Å²) in [6, 6.07) is 4.05. The van der Waals surface area contributed by atoms with Gasteiger partial charge in [0.1, 0.15) is 0 Å². The van der Waals surface area contributed by atoms with Crippen LogP contribution < -0.4 is 4.90 Å². The number of β-amino-alcohol motifs (C(OH)–C–C–N with tert-alkyl or cyclic N) is 1. The van der Waals surface area contributed by atoms with E-state index in [2.05, 4.69) is 16.0 Å². The lowest BCUT2D eigenvalue weighted by Crippen LogP contribution is -2.29. The minimum Gasteiger partial charge on any atom is -0.388 e. The summed E-state index contributed by atoms with van der Waals surface area (Å²) in [4.78, 5) is 6.36. The van der Waals surface area contributed by atoms with Gasteiger partial charge in [0.2, 0.25) is 0 Å². The average molecular weight is 192 g/mol. The molecule has 0 spiro atoms. The molecular formula is C11H16N2O. The van der Waals surface area contributed by atoms with Gasteiger partial charge in [0.25, 0.3) is 0 Å². The van der Waals surface area contributed by atoms with Crippen LogP contribution in [0.3, 0.4) is 0 Å². The lowest BCUT2D eigenvalue weighted by Gasteiger charge is -2.20. The number of nitrogens with zero attached hydrogens (tertiary/aromatic N) is 2. The molecule has 0 bridgehead atoms. The van der Waals surface area contributed by atoms with Crippen molar-refractivity contribution < 1.29 is 5.11 Å². The van der Waals surface area contributed by atoms with Crippen molar-refractivity contribution in [3.63, 3.8) is 0 Å². The van der Waals surface area contributed by atoms with Crippen LogP contribution in [0.1, 0.15) is 19.0 Å². The number of pyridine rings is 1. The fourth-order valence-electron chi connectivity index (χ4n) is 1.89. The van der Waals surface area contributed by atoms with E-state index < -0.39 is 5.60 Å². The van der Waals surface area contributed by atoms with E-state index in [1.54, 1.807) is 0 Å². The summed E-state index contributed by atoms with van der Waals surface area (Å²) in [6.45, 7) is 5.52. The summed E-state index contributed by atoms with van der Waals surface area (Å²) in [7, 11) is 0. The van der Waals surface area contributed by atoms with E-state index in [-0.39, 0.29) is 0 Å². The van der Waals surface area contributed by atoms with Crippen LogP contribution in [-0.4, -0.2) is 28.8 Å². The van der Waals surface area contributed by atoms with Gasteiger partial charge >= 0.3 is 0 Å². The van der Waals surface area contributed by atoms with Crippen molar-refractivity contribution in [2.24, 2.45) is 0 Å². The standard InChI is InChI=1S/C11H16N2O/c1-9-7-10(3-5-12-9)13-6-4-11(2,14)8-13/h3,5,7,14H,4,6,8H2,1-2H3. The smallest absolute Gasteiger partial charge is 0.0810 e. The summed E-state index contributed by atoms with van der Waals surface area (Å²) < 4.78 is 0. The molecule has 1 saturated heterocycles. The Balaban J connectivity index is 2.17. The fraction of sp³-hybridized carbons (Fsp3) is 0.545. The molecule has 1 atom stereocenters. The molecule has 0 aliphatic carbocycles. The van der Waals surface area contributed by atoms with Gasteiger partial charge in [-0.3, -0.25) is 4.98 Å². The molecule has 1 aromatic rings. The maximum Gasteiger partial charge on any atom is 0.0810 e. The predicted octanol–water partition coefficient (Wildman–Crippen LogP) is 1.35. The molecule has 1 unspecified atom stereocenters. The molecule has 1 fully saturated rings. The van der Waals surface area contributed by atoms with E-state index in [0.29, 0.717) is 0 Å². The Hall–Kier alpha value is -1.09. The number of rotatable bonds is 1. The molecule has 2 rings (SSSR count). The van der Waals surface area contributed by atoms with Crippen molar-refractivity contribution >= 4 is 5.69 Å². The summed E-state index contributed by atoms with van der Waals surface area (Å²) in [5.74, 6) is 0. The average Bonchev–Trinajstić information content (AvgIpc) is 2.46. The zero-order valence-electron chi connectivity index (χ0n) is 8.70. The van der Waals surface area contributed by atoms with Crippen LogP contribution >= 0.6 is 0 Å². The maximum absolute atomic E-state index is 9.84. The van der Waals surface area contributed by atoms with E-state index in [1.165, 1.54) is 0 Å². The highest BCUT2D eigenvalue weighted by molar-refractivity contribution is 5.47. The molecule has 0 aromatic carbocycles. The first-order chi connectivity index (χ1) is 6.57. The van der Waals surface area contributed by atoms with Gasteiger partial charge in [0.15, 0.2) is 0 Å². The first-order valence-corrected chi connectivity index (χ1v) is 4.97. The van der Waals surface area contributed by atoms with Crippen molar-refractivity contribution in [3.8, 4) is 0 Å². The predicted molar refractivity (Wildman–Crippen MR) is 56.4 cm³/mol. The van der Waals surface area contributed by atoms with Gasteiger partial charge in [-0.25, -0.2) is 0 Å². The number of hydrogen-bond acceptors (Lipinski definition) is 3. The number of aliphatic hydroxyl groups is 1. The maximum atomic E-state index is 9.84. The largest absolute Gasteiger partial charge is 0.388 e. The summed E-state index contributed by atoms with van der Waals surface area (Å²) in [5.41, 5.74) is 1.65. The Morgan fingerprint density at radius 1 is 1.57 bits per heavy atom.